The van der Waals surface area contributed by atoms with Gasteiger partial charge in [0, 0.05) is 0 Å². The van der Waals surface area contributed by atoms with Gasteiger partial charge >= 0.3 is 61.5 Å². The predicted octanol–water partition coefficient (Wildman–Crippen LogP) is 0.829. The van der Waals surface area contributed by atoms with Gasteiger partial charge in [0.2, 0.25) is 0 Å². The van der Waals surface area contributed by atoms with Gasteiger partial charge in [0.1, 0.15) is 0 Å². The van der Waals surface area contributed by atoms with Crippen LogP contribution in [0.2, 0.25) is 0 Å². The monoisotopic (exact) mass is 219 g/mol. The minimum atomic E-state index is -4.36. The first-order chi connectivity index (χ1) is 4.33. The van der Waals surface area contributed by atoms with E-state index in [1.54, 1.807) is 0 Å². The number of hydrogen-bond donors (Lipinski definition) is 0. The number of alkyl halides is 3. The molecule has 0 aromatic carbocycles. The minimum absolute atomic E-state index is 0.841. The summed E-state index contributed by atoms with van der Waals surface area (Å²) in [5.41, 5.74) is 0. The van der Waals surface area contributed by atoms with Gasteiger partial charge in [-0.15, -0.1) is 0 Å². The molecule has 0 saturated heterocycles. The van der Waals surface area contributed by atoms with Crippen LogP contribution < -0.4 is 0 Å². The van der Waals surface area contributed by atoms with E-state index < -0.39 is 25.0 Å². The molecule has 0 amide bonds. The summed E-state index contributed by atoms with van der Waals surface area (Å²) < 4.78 is 45.4. The summed E-state index contributed by atoms with van der Waals surface area (Å²) >= 11 is -2.30. The van der Waals surface area contributed by atoms with Crippen LogP contribution in [0.25, 0.3) is 0 Å². The van der Waals surface area contributed by atoms with Crippen molar-refractivity contribution in [2.45, 2.75) is 4.96 Å². The quantitative estimate of drug-likeness (QED) is 0.358. The summed E-state index contributed by atoms with van der Waals surface area (Å²) in [6.45, 7) is 0. The van der Waals surface area contributed by atoms with E-state index in [0.717, 1.165) is 4.90 Å². The van der Waals surface area contributed by atoms with Crippen molar-refractivity contribution in [3.8, 4) is 0 Å². The molecule has 0 aliphatic heterocycles. The zero-order valence-electron chi connectivity index (χ0n) is 5.41. The van der Waals surface area contributed by atoms with Crippen molar-refractivity contribution in [2.75, 3.05) is 14.1 Å². The Bertz CT molecular complexity index is 139. The fourth-order valence-electron chi connectivity index (χ4n) is 0.205. The average Bonchev–Trinajstić information content (AvgIpc) is 1.60. The molecule has 10 heavy (non-hydrogen) atoms. The predicted molar refractivity (Wildman–Crippen MR) is 31.6 cm³/mol. The molecule has 0 unspecified atom stereocenters. The van der Waals surface area contributed by atoms with Crippen LogP contribution >= 0.6 is 0 Å². The van der Waals surface area contributed by atoms with E-state index in [1.165, 1.54) is 14.1 Å². The van der Waals surface area contributed by atoms with Crippen LogP contribution in [0.1, 0.15) is 0 Å². The molecule has 0 heterocycles. The third-order valence-electron chi connectivity index (χ3n) is 0.588. The Balaban J connectivity index is 4.17. The van der Waals surface area contributed by atoms with Crippen LogP contribution in [0.15, 0.2) is 0 Å². The summed E-state index contributed by atoms with van der Waals surface area (Å²) in [4.78, 5) is -3.52. The SMILES string of the molecule is CN(C)C(F)=[As]C(F)(F)F. The van der Waals surface area contributed by atoms with Gasteiger partial charge in [-0.05, 0) is 0 Å². The Hall–Kier alpha value is 0.108. The van der Waals surface area contributed by atoms with E-state index in [2.05, 4.69) is 0 Å². The second-order valence-corrected chi connectivity index (χ2v) is 4.05. The van der Waals surface area contributed by atoms with Crippen molar-refractivity contribution in [3.05, 3.63) is 0 Å². The van der Waals surface area contributed by atoms with Gasteiger partial charge in [0.05, 0.1) is 0 Å². The molecule has 0 bridgehead atoms. The van der Waals surface area contributed by atoms with Crippen LogP contribution in [0.4, 0.5) is 17.6 Å². The van der Waals surface area contributed by atoms with Gasteiger partial charge in [-0.3, -0.25) is 0 Å². The number of nitrogens with zero attached hydrogens (tertiary/aromatic N) is 1. The number of hydrogen-bond acceptors (Lipinski definition) is 1. The molecule has 0 N–H and O–H groups in total. The fourth-order valence-corrected chi connectivity index (χ4v) is 1.06. The fraction of sp³-hybridized carbons (Fsp3) is 0.750. The molecule has 1 nitrogen and oxygen atoms in total. The maximum atomic E-state index is 12.2. The van der Waals surface area contributed by atoms with E-state index in [9.17, 15) is 17.6 Å². The molecule has 0 rings (SSSR count). The van der Waals surface area contributed by atoms with Gasteiger partial charge in [-0.25, -0.2) is 0 Å². The maximum absolute atomic E-state index is 12.2. The van der Waals surface area contributed by atoms with Crippen molar-refractivity contribution in [2.24, 2.45) is 0 Å². The van der Waals surface area contributed by atoms with Crippen molar-refractivity contribution in [3.63, 3.8) is 0 Å². The van der Waals surface area contributed by atoms with Gasteiger partial charge in [0.15, 0.2) is 0 Å². The molecular formula is C4H6AsF4N. The van der Waals surface area contributed by atoms with Crippen LogP contribution in [0.5, 0.6) is 0 Å². The van der Waals surface area contributed by atoms with Crippen molar-refractivity contribution in [1.29, 1.82) is 0 Å². The second kappa shape index (κ2) is 3.49. The second-order valence-electron chi connectivity index (χ2n) is 1.74. The van der Waals surface area contributed by atoms with Crippen LogP contribution in [-0.2, 0) is 0 Å². The molecule has 0 fully saturated rings. The summed E-state index contributed by atoms with van der Waals surface area (Å²) in [5.74, 6) is 0. The first-order valence-corrected chi connectivity index (χ1v) is 4.20. The normalized spacial score (nSPS) is 14.5. The van der Waals surface area contributed by atoms with Crippen LogP contribution in [0.3, 0.4) is 0 Å². The van der Waals surface area contributed by atoms with Gasteiger partial charge in [-0.1, -0.05) is 0 Å². The Morgan fingerprint density at radius 2 is 1.70 bits per heavy atom. The van der Waals surface area contributed by atoms with E-state index in [1.807, 2.05) is 0 Å². The standard InChI is InChI=1S/C4H6AsF4N/c1-10(2)3(6)5-4(7,8)9/h1-2H3. The van der Waals surface area contributed by atoms with E-state index in [-0.39, 0.29) is 0 Å². The molecular weight excluding hydrogens is 213 g/mol. The Kier molecular flexibility index (Phi) is 3.52. The zero-order chi connectivity index (χ0) is 8.36. The van der Waals surface area contributed by atoms with Gasteiger partial charge in [0.25, 0.3) is 0 Å². The third-order valence-corrected chi connectivity index (χ3v) is 2.35. The Morgan fingerprint density at radius 3 is 1.80 bits per heavy atom. The molecule has 0 saturated carbocycles. The average molecular weight is 219 g/mol. The molecule has 60 valence electrons. The molecule has 0 aromatic heterocycles. The number of rotatable bonds is 1. The van der Waals surface area contributed by atoms with E-state index in [4.69, 9.17) is 0 Å². The molecule has 6 heteroatoms. The summed E-state index contributed by atoms with van der Waals surface area (Å²) in [7, 11) is 2.49. The van der Waals surface area contributed by atoms with Crippen molar-refractivity contribution >= 4 is 20.0 Å². The third kappa shape index (κ3) is 4.94. The summed E-state index contributed by atoms with van der Waals surface area (Å²) in [6, 6.07) is 0. The van der Waals surface area contributed by atoms with Crippen molar-refractivity contribution in [1.82, 2.24) is 4.90 Å². The van der Waals surface area contributed by atoms with Gasteiger partial charge in [-0.2, -0.15) is 0 Å². The zero-order valence-corrected chi connectivity index (χ0v) is 7.28. The Labute approximate surface area is 62.2 Å². The van der Waals surface area contributed by atoms with E-state index >= 15 is 0 Å². The summed E-state index contributed by atoms with van der Waals surface area (Å²) in [6.07, 6.45) is 0. The van der Waals surface area contributed by atoms with Crippen LogP contribution in [0, 0.1) is 0 Å². The first-order valence-electron chi connectivity index (χ1n) is 2.32. The van der Waals surface area contributed by atoms with Gasteiger partial charge < -0.3 is 0 Å². The van der Waals surface area contributed by atoms with Crippen molar-refractivity contribution < 1.29 is 17.6 Å². The first kappa shape index (κ1) is 10.1. The van der Waals surface area contributed by atoms with E-state index in [0.29, 0.717) is 0 Å². The molecule has 0 aliphatic rings. The molecule has 0 aromatic rings. The molecule has 0 aliphatic carbocycles. The van der Waals surface area contributed by atoms with Crippen LogP contribution in [-0.4, -0.2) is 44.0 Å². The molecule has 0 radical (unpaired) electrons. The topological polar surface area (TPSA) is 3.24 Å². The number of halogens is 4. The molecule has 0 atom stereocenters. The Morgan fingerprint density at radius 1 is 1.30 bits per heavy atom. The summed E-state index contributed by atoms with van der Waals surface area (Å²) in [5, 5.41) is 0. The molecule has 0 spiro atoms.